The lowest BCUT2D eigenvalue weighted by molar-refractivity contribution is 0.111. The fourth-order valence-corrected chi connectivity index (χ4v) is 2.36. The van der Waals surface area contributed by atoms with E-state index in [1.807, 2.05) is 0 Å². The van der Waals surface area contributed by atoms with E-state index in [4.69, 9.17) is 0 Å². The third kappa shape index (κ3) is 3.53. The molecule has 2 rings (SSSR count). The fourth-order valence-electron chi connectivity index (χ4n) is 2.36. The molecule has 0 unspecified atom stereocenters. The molecule has 0 radical (unpaired) electrons. The summed E-state index contributed by atoms with van der Waals surface area (Å²) >= 11 is 0. The van der Waals surface area contributed by atoms with Crippen molar-refractivity contribution in [3.63, 3.8) is 0 Å². The van der Waals surface area contributed by atoms with E-state index in [-0.39, 0.29) is 17.7 Å². The molecule has 6 heteroatoms. The highest BCUT2D eigenvalue weighted by Gasteiger charge is 2.20. The summed E-state index contributed by atoms with van der Waals surface area (Å²) in [4.78, 5) is 3.87. The van der Waals surface area contributed by atoms with Crippen LogP contribution in [-0.4, -0.2) is 29.8 Å². The number of aliphatic hydroxyl groups excluding tert-OH is 1. The molecule has 0 spiro atoms. The van der Waals surface area contributed by atoms with E-state index in [2.05, 4.69) is 15.6 Å². The predicted molar refractivity (Wildman–Crippen MR) is 70.2 cm³/mol. The van der Waals surface area contributed by atoms with Gasteiger partial charge in [0.2, 0.25) is 0 Å². The summed E-state index contributed by atoms with van der Waals surface area (Å²) < 4.78 is 26.8. The number of anilines is 2. The highest BCUT2D eigenvalue weighted by molar-refractivity contribution is 5.47. The Hall–Kier alpha value is -1.43. The van der Waals surface area contributed by atoms with Gasteiger partial charge in [-0.2, -0.15) is 0 Å². The molecular formula is C13H19F2N3O. The third-order valence-corrected chi connectivity index (χ3v) is 3.54. The number of nitrogens with one attached hydrogen (secondary N) is 2. The number of aromatic nitrogens is 1. The van der Waals surface area contributed by atoms with E-state index >= 15 is 0 Å². The lowest BCUT2D eigenvalue weighted by atomic mass is 9.87. The lowest BCUT2D eigenvalue weighted by Gasteiger charge is -2.25. The van der Waals surface area contributed by atoms with Gasteiger partial charge in [-0.15, -0.1) is 0 Å². The first-order chi connectivity index (χ1) is 9.10. The second-order valence-corrected chi connectivity index (χ2v) is 4.95. The monoisotopic (exact) mass is 271 g/mol. The van der Waals surface area contributed by atoms with Crippen molar-refractivity contribution in [1.82, 2.24) is 4.98 Å². The number of rotatable bonds is 4. The Bertz CT molecular complexity index is 434. The van der Waals surface area contributed by atoms with Crippen molar-refractivity contribution in [2.45, 2.75) is 31.8 Å². The number of halogens is 2. The van der Waals surface area contributed by atoms with Crippen molar-refractivity contribution in [2.24, 2.45) is 5.92 Å². The zero-order valence-electron chi connectivity index (χ0n) is 10.9. The molecule has 0 amide bonds. The normalized spacial score (nSPS) is 23.2. The molecule has 1 aromatic heterocycles. The zero-order valence-corrected chi connectivity index (χ0v) is 10.9. The molecule has 4 nitrogen and oxygen atoms in total. The van der Waals surface area contributed by atoms with Crippen LogP contribution >= 0.6 is 0 Å². The molecular weight excluding hydrogens is 252 g/mol. The Morgan fingerprint density at radius 3 is 2.47 bits per heavy atom. The molecule has 0 bridgehead atoms. The van der Waals surface area contributed by atoms with Crippen LogP contribution in [0, 0.1) is 17.6 Å². The molecule has 1 fully saturated rings. The summed E-state index contributed by atoms with van der Waals surface area (Å²) in [6.07, 6.45) is 3.19. The fraction of sp³-hybridized carbons (Fsp3) is 0.615. The van der Waals surface area contributed by atoms with Crippen LogP contribution in [0.5, 0.6) is 0 Å². The summed E-state index contributed by atoms with van der Waals surface area (Å²) in [6.45, 7) is 0.589. The molecule has 19 heavy (non-hydrogen) atoms. The quantitative estimate of drug-likeness (QED) is 0.787. The van der Waals surface area contributed by atoms with E-state index in [0.29, 0.717) is 12.5 Å². The summed E-state index contributed by atoms with van der Waals surface area (Å²) in [5.74, 6) is -0.897. The number of hydrogen-bond donors (Lipinski definition) is 3. The van der Waals surface area contributed by atoms with Gasteiger partial charge in [0.15, 0.2) is 23.3 Å². The van der Waals surface area contributed by atoms with Gasteiger partial charge in [-0.25, -0.2) is 13.8 Å². The minimum Gasteiger partial charge on any atom is -0.393 e. The maximum atomic E-state index is 13.6. The van der Waals surface area contributed by atoms with Crippen LogP contribution in [0.3, 0.4) is 0 Å². The predicted octanol–water partition coefficient (Wildman–Crippen LogP) is 2.36. The van der Waals surface area contributed by atoms with E-state index in [0.717, 1.165) is 31.7 Å². The largest absolute Gasteiger partial charge is 0.393 e. The highest BCUT2D eigenvalue weighted by Crippen LogP contribution is 2.25. The Morgan fingerprint density at radius 1 is 1.21 bits per heavy atom. The third-order valence-electron chi connectivity index (χ3n) is 3.54. The lowest BCUT2D eigenvalue weighted by Crippen LogP contribution is -2.24. The smallest absolute Gasteiger partial charge is 0.168 e. The minimum absolute atomic E-state index is 0.0305. The Balaban J connectivity index is 1.95. The molecule has 0 atom stereocenters. The first-order valence-corrected chi connectivity index (χ1v) is 6.56. The molecule has 1 saturated carbocycles. The van der Waals surface area contributed by atoms with Crippen LogP contribution < -0.4 is 10.6 Å². The van der Waals surface area contributed by atoms with E-state index in [1.165, 1.54) is 7.05 Å². The first-order valence-electron chi connectivity index (χ1n) is 6.56. The maximum absolute atomic E-state index is 13.6. The summed E-state index contributed by atoms with van der Waals surface area (Å²) in [5, 5.41) is 14.9. The summed E-state index contributed by atoms with van der Waals surface area (Å²) in [5.41, 5.74) is 0. The first kappa shape index (κ1) is 14.0. The molecule has 1 aliphatic carbocycles. The Morgan fingerprint density at radius 2 is 1.84 bits per heavy atom. The molecule has 1 aromatic rings. The average Bonchev–Trinajstić information content (AvgIpc) is 2.40. The maximum Gasteiger partial charge on any atom is 0.168 e. The van der Waals surface area contributed by atoms with Crippen molar-refractivity contribution >= 4 is 11.6 Å². The van der Waals surface area contributed by atoms with Crippen molar-refractivity contribution in [3.8, 4) is 0 Å². The molecule has 0 aromatic carbocycles. The van der Waals surface area contributed by atoms with Crippen LogP contribution in [0.1, 0.15) is 25.7 Å². The van der Waals surface area contributed by atoms with Gasteiger partial charge in [0.25, 0.3) is 0 Å². The number of pyridine rings is 1. The molecule has 3 N–H and O–H groups in total. The Kier molecular flexibility index (Phi) is 4.52. The summed E-state index contributed by atoms with van der Waals surface area (Å²) in [7, 11) is 1.54. The van der Waals surface area contributed by atoms with Gasteiger partial charge in [0.1, 0.15) is 0 Å². The second-order valence-electron chi connectivity index (χ2n) is 4.95. The SMILES string of the molecule is CNc1nc(NCC2CCC(O)CC2)c(F)cc1F. The highest BCUT2D eigenvalue weighted by atomic mass is 19.1. The van der Waals surface area contributed by atoms with Gasteiger partial charge in [0, 0.05) is 19.7 Å². The molecule has 0 aliphatic heterocycles. The van der Waals surface area contributed by atoms with Crippen molar-refractivity contribution in [2.75, 3.05) is 24.2 Å². The van der Waals surface area contributed by atoms with Gasteiger partial charge in [-0.05, 0) is 31.6 Å². The van der Waals surface area contributed by atoms with Gasteiger partial charge in [-0.3, -0.25) is 0 Å². The van der Waals surface area contributed by atoms with Crippen LogP contribution in [0.4, 0.5) is 20.4 Å². The average molecular weight is 271 g/mol. The van der Waals surface area contributed by atoms with E-state index < -0.39 is 11.6 Å². The van der Waals surface area contributed by atoms with Crippen LogP contribution in [-0.2, 0) is 0 Å². The molecule has 0 saturated heterocycles. The number of nitrogens with zero attached hydrogens (tertiary/aromatic N) is 1. The summed E-state index contributed by atoms with van der Waals surface area (Å²) in [6, 6.07) is 0.825. The number of hydrogen-bond acceptors (Lipinski definition) is 4. The van der Waals surface area contributed by atoms with Crippen LogP contribution in [0.15, 0.2) is 6.07 Å². The topological polar surface area (TPSA) is 57.2 Å². The van der Waals surface area contributed by atoms with E-state index in [1.54, 1.807) is 0 Å². The molecule has 106 valence electrons. The van der Waals surface area contributed by atoms with Crippen molar-refractivity contribution < 1.29 is 13.9 Å². The van der Waals surface area contributed by atoms with Crippen LogP contribution in [0.25, 0.3) is 0 Å². The van der Waals surface area contributed by atoms with Gasteiger partial charge < -0.3 is 15.7 Å². The van der Waals surface area contributed by atoms with Gasteiger partial charge >= 0.3 is 0 Å². The number of aliphatic hydroxyl groups is 1. The minimum atomic E-state index is -0.702. The second kappa shape index (κ2) is 6.14. The van der Waals surface area contributed by atoms with Gasteiger partial charge in [-0.1, -0.05) is 0 Å². The molecule has 1 aliphatic rings. The van der Waals surface area contributed by atoms with Crippen LogP contribution in [0.2, 0.25) is 0 Å². The Labute approximate surface area is 111 Å². The molecule has 1 heterocycles. The van der Waals surface area contributed by atoms with E-state index in [9.17, 15) is 13.9 Å². The van der Waals surface area contributed by atoms with Crippen molar-refractivity contribution in [1.29, 1.82) is 0 Å². The standard InChI is InChI=1S/C13H19F2N3O/c1-16-12-10(14)6-11(15)13(18-12)17-7-8-2-4-9(19)5-3-8/h6,8-9,19H,2-5,7H2,1H3,(H2,16,17,18). The zero-order chi connectivity index (χ0) is 13.8. The van der Waals surface area contributed by atoms with Crippen molar-refractivity contribution in [3.05, 3.63) is 17.7 Å². The van der Waals surface area contributed by atoms with Gasteiger partial charge in [0.05, 0.1) is 6.10 Å².